The largest absolute Gasteiger partial charge is 0.310 e. The van der Waals surface area contributed by atoms with Gasteiger partial charge in [-0.2, -0.15) is 9.78 Å². The first-order valence-corrected chi connectivity index (χ1v) is 9.81. The van der Waals surface area contributed by atoms with Crippen molar-refractivity contribution in [1.29, 1.82) is 0 Å². The summed E-state index contributed by atoms with van der Waals surface area (Å²) in [5.41, 5.74) is 2.31. The van der Waals surface area contributed by atoms with Crippen LogP contribution in [-0.4, -0.2) is 40.5 Å². The zero-order chi connectivity index (χ0) is 18.8. The highest BCUT2D eigenvalue weighted by Gasteiger charge is 2.26. The minimum absolute atomic E-state index is 0.768. The number of aromatic nitrogens is 4. The second kappa shape index (κ2) is 7.62. The summed E-state index contributed by atoms with van der Waals surface area (Å²) in [6.45, 7) is 9.13. The molecule has 0 bridgehead atoms. The number of hydrogen-bond acceptors (Lipinski definition) is 3. The predicted molar refractivity (Wildman–Crippen MR) is 108 cm³/mol. The molecule has 7 heteroatoms. The Hall–Kier alpha value is -2.51. The van der Waals surface area contributed by atoms with Crippen LogP contribution in [0.5, 0.6) is 0 Å². The highest BCUT2D eigenvalue weighted by molar-refractivity contribution is 7.71. The monoisotopic (exact) mass is 382 g/mol. The predicted octanol–water partition coefficient (Wildman–Crippen LogP) is 1.20. The van der Waals surface area contributed by atoms with Crippen LogP contribution in [0.2, 0.25) is 0 Å². The van der Waals surface area contributed by atoms with Crippen molar-refractivity contribution in [1.82, 2.24) is 14.3 Å². The zero-order valence-electron chi connectivity index (χ0n) is 15.9. The van der Waals surface area contributed by atoms with E-state index in [1.54, 1.807) is 0 Å². The molecule has 0 radical (unpaired) electrons. The minimum atomic E-state index is 0.768. The molecule has 1 aliphatic heterocycles. The quantitative estimate of drug-likeness (QED) is 0.690. The van der Waals surface area contributed by atoms with Crippen molar-refractivity contribution in [2.45, 2.75) is 20.5 Å². The molecule has 0 spiro atoms. The molecule has 1 aromatic carbocycles. The van der Waals surface area contributed by atoms with Gasteiger partial charge in [-0.05, 0) is 49.8 Å². The summed E-state index contributed by atoms with van der Waals surface area (Å²) >= 11 is 5.74. The van der Waals surface area contributed by atoms with E-state index in [9.17, 15) is 0 Å². The van der Waals surface area contributed by atoms with E-state index >= 15 is 0 Å². The molecule has 2 N–H and O–H groups in total. The lowest BCUT2D eigenvalue weighted by molar-refractivity contribution is -0.924. The molecular formula is C20H26N6S+2. The zero-order valence-corrected chi connectivity index (χ0v) is 16.7. The third kappa shape index (κ3) is 3.79. The van der Waals surface area contributed by atoms with E-state index in [1.165, 1.54) is 16.3 Å². The molecule has 3 aromatic rings. The van der Waals surface area contributed by atoms with Gasteiger partial charge in [0.25, 0.3) is 5.82 Å². The highest BCUT2D eigenvalue weighted by atomic mass is 32.1. The number of benzene rings is 1. The Morgan fingerprint density at radius 3 is 2.63 bits per heavy atom. The van der Waals surface area contributed by atoms with E-state index in [4.69, 9.17) is 17.3 Å². The van der Waals surface area contributed by atoms with Crippen LogP contribution in [0.3, 0.4) is 0 Å². The first-order chi connectivity index (χ1) is 13.1. The topological polar surface area (TPSA) is 44.6 Å². The number of anilines is 1. The third-order valence-corrected chi connectivity index (χ3v) is 5.53. The van der Waals surface area contributed by atoms with E-state index in [0.29, 0.717) is 0 Å². The van der Waals surface area contributed by atoms with Crippen LogP contribution in [0.15, 0.2) is 48.7 Å². The molecule has 0 aliphatic carbocycles. The molecule has 140 valence electrons. The molecule has 3 heterocycles. The molecule has 1 saturated heterocycles. The van der Waals surface area contributed by atoms with Gasteiger partial charge in [0.2, 0.25) is 4.77 Å². The van der Waals surface area contributed by atoms with Crippen molar-refractivity contribution >= 4 is 18.0 Å². The molecule has 0 atom stereocenters. The summed E-state index contributed by atoms with van der Waals surface area (Å²) < 4.78 is 4.81. The SMILES string of the molecule is Cc1cccc(-n2c(C)nn(C[NH+]3CCN(c4cccc[nH+]4)CC3)c2=S)c1. The van der Waals surface area contributed by atoms with Gasteiger partial charge < -0.3 is 4.90 Å². The van der Waals surface area contributed by atoms with Gasteiger partial charge in [0.15, 0.2) is 6.67 Å². The Morgan fingerprint density at radius 2 is 1.93 bits per heavy atom. The normalized spacial score (nSPS) is 15.3. The Kier molecular flexibility index (Phi) is 5.05. The number of nitrogens with zero attached hydrogens (tertiary/aromatic N) is 4. The second-order valence-electron chi connectivity index (χ2n) is 7.15. The molecule has 0 saturated carbocycles. The van der Waals surface area contributed by atoms with Crippen LogP contribution >= 0.6 is 12.2 Å². The number of aryl methyl sites for hydroxylation is 2. The maximum atomic E-state index is 5.74. The number of piperazine rings is 1. The first kappa shape index (κ1) is 17.9. The Labute approximate surface area is 164 Å². The molecule has 4 rings (SSSR count). The summed E-state index contributed by atoms with van der Waals surface area (Å²) in [5, 5.41) is 4.72. The summed E-state index contributed by atoms with van der Waals surface area (Å²) in [7, 11) is 0. The van der Waals surface area contributed by atoms with Crippen molar-refractivity contribution in [2.75, 3.05) is 31.1 Å². The van der Waals surface area contributed by atoms with Gasteiger partial charge in [-0.25, -0.2) is 4.98 Å². The summed E-state index contributed by atoms with van der Waals surface area (Å²) in [5.74, 6) is 2.12. The number of nitrogens with one attached hydrogen (secondary N) is 2. The van der Waals surface area contributed by atoms with Crippen LogP contribution in [0, 0.1) is 18.6 Å². The molecular weight excluding hydrogens is 356 g/mol. The molecule has 1 fully saturated rings. The van der Waals surface area contributed by atoms with Crippen LogP contribution in [0.4, 0.5) is 5.82 Å². The van der Waals surface area contributed by atoms with Crippen molar-refractivity contribution in [3.05, 3.63) is 64.8 Å². The molecule has 6 nitrogen and oxygen atoms in total. The van der Waals surface area contributed by atoms with Crippen LogP contribution in [0.1, 0.15) is 11.4 Å². The smallest absolute Gasteiger partial charge is 0.274 e. The van der Waals surface area contributed by atoms with Crippen LogP contribution in [-0.2, 0) is 6.67 Å². The van der Waals surface area contributed by atoms with Gasteiger partial charge in [0, 0.05) is 11.8 Å². The van der Waals surface area contributed by atoms with Crippen molar-refractivity contribution in [3.8, 4) is 5.69 Å². The maximum Gasteiger partial charge on any atom is 0.274 e. The second-order valence-corrected chi connectivity index (χ2v) is 7.51. The summed E-state index contributed by atoms with van der Waals surface area (Å²) in [6.07, 6.45) is 1.98. The van der Waals surface area contributed by atoms with Crippen LogP contribution in [0.25, 0.3) is 5.69 Å². The number of pyridine rings is 1. The molecule has 1 aliphatic rings. The number of hydrogen-bond donors (Lipinski definition) is 1. The molecule has 2 aromatic heterocycles. The van der Waals surface area contributed by atoms with Gasteiger partial charge in [-0.15, -0.1) is 0 Å². The lowest BCUT2D eigenvalue weighted by Crippen LogP contribution is -3.14. The lowest BCUT2D eigenvalue weighted by atomic mass is 10.2. The third-order valence-electron chi connectivity index (χ3n) is 5.14. The van der Waals surface area contributed by atoms with E-state index in [1.807, 2.05) is 23.9 Å². The van der Waals surface area contributed by atoms with E-state index in [0.717, 1.165) is 49.1 Å². The average Bonchev–Trinajstić information content (AvgIpc) is 2.96. The Balaban J connectivity index is 1.47. The van der Waals surface area contributed by atoms with Gasteiger partial charge in [0.1, 0.15) is 32.0 Å². The first-order valence-electron chi connectivity index (χ1n) is 9.40. The van der Waals surface area contributed by atoms with E-state index in [2.05, 4.69) is 57.8 Å². The fraction of sp³-hybridized carbons (Fsp3) is 0.350. The summed E-state index contributed by atoms with van der Waals surface area (Å²) in [4.78, 5) is 7.23. The van der Waals surface area contributed by atoms with Crippen molar-refractivity contribution in [3.63, 3.8) is 0 Å². The molecule has 0 amide bonds. The van der Waals surface area contributed by atoms with Gasteiger partial charge in [-0.3, -0.25) is 9.47 Å². The van der Waals surface area contributed by atoms with Crippen LogP contribution < -0.4 is 14.8 Å². The molecule has 27 heavy (non-hydrogen) atoms. The number of quaternary nitrogens is 1. The Bertz CT molecular complexity index is 970. The highest BCUT2D eigenvalue weighted by Crippen LogP contribution is 2.13. The average molecular weight is 383 g/mol. The fourth-order valence-electron chi connectivity index (χ4n) is 3.70. The van der Waals surface area contributed by atoms with Crippen molar-refractivity contribution in [2.24, 2.45) is 0 Å². The molecule has 0 unspecified atom stereocenters. The van der Waals surface area contributed by atoms with Gasteiger partial charge in [0.05, 0.1) is 6.20 Å². The standard InChI is InChI=1S/C20H24N6S/c1-16-6-5-7-18(14-16)26-17(2)22-25(20(26)27)15-23-10-12-24(13-11-23)19-8-3-4-9-21-19/h3-9,14H,10-13,15H2,1-2H3/p+2. The van der Waals surface area contributed by atoms with Gasteiger partial charge in [-0.1, -0.05) is 18.2 Å². The minimum Gasteiger partial charge on any atom is -0.310 e. The number of H-pyrrole nitrogens is 1. The maximum absolute atomic E-state index is 5.74. The van der Waals surface area contributed by atoms with Crippen molar-refractivity contribution < 1.29 is 9.88 Å². The van der Waals surface area contributed by atoms with E-state index < -0.39 is 0 Å². The van der Waals surface area contributed by atoms with Gasteiger partial charge >= 0.3 is 0 Å². The Morgan fingerprint density at radius 1 is 1.11 bits per heavy atom. The number of rotatable bonds is 4. The van der Waals surface area contributed by atoms with E-state index in [-0.39, 0.29) is 0 Å². The fourth-order valence-corrected chi connectivity index (χ4v) is 4.04. The number of aromatic amines is 1. The lowest BCUT2D eigenvalue weighted by Gasteiger charge is -2.27. The summed E-state index contributed by atoms with van der Waals surface area (Å²) in [6, 6.07) is 14.6.